The first-order valence-corrected chi connectivity index (χ1v) is 10.2. The van der Waals surface area contributed by atoms with Gasteiger partial charge in [-0.15, -0.1) is 0 Å². The normalized spacial score (nSPS) is 13.9. The fraction of sp³-hybridized carbons (Fsp3) is 0.375. The molecule has 8 heteroatoms. The fourth-order valence-electron chi connectivity index (χ4n) is 3.14. The molecule has 2 amide bonds. The number of rotatable bonds is 7. The van der Waals surface area contributed by atoms with Gasteiger partial charge in [-0.2, -0.15) is 0 Å². The summed E-state index contributed by atoms with van der Waals surface area (Å²) in [6.07, 6.45) is -0.755. The molecule has 0 spiro atoms. The van der Waals surface area contributed by atoms with Gasteiger partial charge in [0.25, 0.3) is 0 Å². The SMILES string of the molecule is COC(=O)[C@@H](c1ccccc1F)[C@H](NC(=O)[C@H](C)NC(=O)OC(C)(C)C)c1ccccc1. The van der Waals surface area contributed by atoms with E-state index in [1.54, 1.807) is 57.2 Å². The van der Waals surface area contributed by atoms with Crippen molar-refractivity contribution in [3.8, 4) is 0 Å². The summed E-state index contributed by atoms with van der Waals surface area (Å²) in [6, 6.07) is 12.6. The van der Waals surface area contributed by atoms with E-state index in [1.807, 2.05) is 0 Å². The van der Waals surface area contributed by atoms with Crippen molar-refractivity contribution >= 4 is 18.0 Å². The number of halogens is 1. The summed E-state index contributed by atoms with van der Waals surface area (Å²) >= 11 is 0. The quantitative estimate of drug-likeness (QED) is 0.633. The Morgan fingerprint density at radius 2 is 1.53 bits per heavy atom. The minimum Gasteiger partial charge on any atom is -0.468 e. The zero-order valence-corrected chi connectivity index (χ0v) is 18.8. The van der Waals surface area contributed by atoms with Gasteiger partial charge in [-0.3, -0.25) is 9.59 Å². The third-order valence-electron chi connectivity index (χ3n) is 4.61. The first kappa shape index (κ1) is 24.8. The zero-order valence-electron chi connectivity index (χ0n) is 18.8. The van der Waals surface area contributed by atoms with Crippen molar-refractivity contribution in [2.75, 3.05) is 7.11 Å². The number of carbonyl (C=O) groups excluding carboxylic acids is 3. The van der Waals surface area contributed by atoms with Crippen LogP contribution in [0.4, 0.5) is 9.18 Å². The summed E-state index contributed by atoms with van der Waals surface area (Å²) in [6.45, 7) is 6.60. The number of methoxy groups -OCH3 is 1. The number of esters is 1. The zero-order chi connectivity index (χ0) is 23.9. The summed E-state index contributed by atoms with van der Waals surface area (Å²) in [7, 11) is 1.20. The van der Waals surface area contributed by atoms with Crippen LogP contribution in [0.15, 0.2) is 54.6 Å². The maximum Gasteiger partial charge on any atom is 0.408 e. The van der Waals surface area contributed by atoms with Crippen molar-refractivity contribution in [1.29, 1.82) is 0 Å². The summed E-state index contributed by atoms with van der Waals surface area (Å²) in [5.74, 6) is -3.04. The van der Waals surface area contributed by atoms with Gasteiger partial charge in [0, 0.05) is 5.56 Å². The smallest absolute Gasteiger partial charge is 0.408 e. The maximum absolute atomic E-state index is 14.6. The standard InChI is InChI=1S/C24H29FN2O5/c1-15(26-23(30)32-24(2,3)4)21(28)27-20(16-11-7-6-8-12-16)19(22(29)31-5)17-13-9-10-14-18(17)25/h6-15,19-20H,1-5H3,(H,26,30)(H,27,28)/t15-,19-,20+/m0/s1. The Kier molecular flexibility index (Phi) is 8.34. The van der Waals surface area contributed by atoms with Crippen LogP contribution in [0.2, 0.25) is 0 Å². The minimum absolute atomic E-state index is 0.0845. The van der Waals surface area contributed by atoms with Crippen molar-refractivity contribution in [2.45, 2.75) is 51.3 Å². The first-order chi connectivity index (χ1) is 15.0. The highest BCUT2D eigenvalue weighted by Crippen LogP contribution is 2.33. The van der Waals surface area contributed by atoms with Gasteiger partial charge in [0.2, 0.25) is 5.91 Å². The molecular weight excluding hydrogens is 415 g/mol. The van der Waals surface area contributed by atoms with E-state index < -0.39 is 47.4 Å². The Bertz CT molecular complexity index is 943. The molecule has 0 saturated heterocycles. The molecule has 0 bridgehead atoms. The van der Waals surface area contributed by atoms with E-state index in [0.29, 0.717) is 5.56 Å². The van der Waals surface area contributed by atoms with Crippen LogP contribution in [0.25, 0.3) is 0 Å². The Morgan fingerprint density at radius 1 is 0.938 bits per heavy atom. The lowest BCUT2D eigenvalue weighted by Crippen LogP contribution is -2.48. The second-order valence-electron chi connectivity index (χ2n) is 8.29. The topological polar surface area (TPSA) is 93.7 Å². The molecule has 3 atom stereocenters. The lowest BCUT2D eigenvalue weighted by atomic mass is 9.86. The average Bonchev–Trinajstić information content (AvgIpc) is 2.73. The van der Waals surface area contributed by atoms with Crippen molar-refractivity contribution in [1.82, 2.24) is 10.6 Å². The molecule has 7 nitrogen and oxygen atoms in total. The monoisotopic (exact) mass is 444 g/mol. The van der Waals surface area contributed by atoms with Crippen LogP contribution in [0.3, 0.4) is 0 Å². The fourth-order valence-corrected chi connectivity index (χ4v) is 3.14. The lowest BCUT2D eigenvalue weighted by Gasteiger charge is -2.29. The summed E-state index contributed by atoms with van der Waals surface area (Å²) in [5.41, 5.74) is -0.0709. The van der Waals surface area contributed by atoms with Gasteiger partial charge in [0.05, 0.1) is 13.2 Å². The third-order valence-corrected chi connectivity index (χ3v) is 4.61. The molecule has 2 aromatic carbocycles. The van der Waals surface area contributed by atoms with Crippen molar-refractivity contribution < 1.29 is 28.2 Å². The van der Waals surface area contributed by atoms with Crippen LogP contribution < -0.4 is 10.6 Å². The lowest BCUT2D eigenvalue weighted by molar-refractivity contribution is -0.143. The Hall–Kier alpha value is -3.42. The predicted molar refractivity (Wildman–Crippen MR) is 117 cm³/mol. The molecule has 2 rings (SSSR count). The van der Waals surface area contributed by atoms with Gasteiger partial charge >= 0.3 is 12.1 Å². The largest absolute Gasteiger partial charge is 0.468 e. The van der Waals surface area contributed by atoms with Crippen molar-refractivity contribution in [3.05, 3.63) is 71.5 Å². The van der Waals surface area contributed by atoms with Gasteiger partial charge in [0.1, 0.15) is 23.4 Å². The molecular formula is C24H29FN2O5. The van der Waals surface area contributed by atoms with E-state index in [0.717, 1.165) is 0 Å². The number of alkyl carbamates (subject to hydrolysis) is 1. The van der Waals surface area contributed by atoms with Gasteiger partial charge in [-0.25, -0.2) is 9.18 Å². The molecule has 0 unspecified atom stereocenters. The molecule has 32 heavy (non-hydrogen) atoms. The highest BCUT2D eigenvalue weighted by molar-refractivity contribution is 5.87. The summed E-state index contributed by atoms with van der Waals surface area (Å²) in [4.78, 5) is 37.7. The molecule has 172 valence electrons. The van der Waals surface area contributed by atoms with Crippen LogP contribution in [-0.2, 0) is 19.1 Å². The van der Waals surface area contributed by atoms with E-state index >= 15 is 0 Å². The molecule has 0 fully saturated rings. The van der Waals surface area contributed by atoms with Gasteiger partial charge in [-0.05, 0) is 39.3 Å². The average molecular weight is 445 g/mol. The van der Waals surface area contributed by atoms with Gasteiger partial charge < -0.3 is 20.1 Å². The molecule has 0 heterocycles. The first-order valence-electron chi connectivity index (χ1n) is 10.2. The van der Waals surface area contributed by atoms with E-state index in [4.69, 9.17) is 9.47 Å². The van der Waals surface area contributed by atoms with E-state index in [-0.39, 0.29) is 5.56 Å². The van der Waals surface area contributed by atoms with Gasteiger partial charge in [-0.1, -0.05) is 48.5 Å². The number of hydrogen-bond donors (Lipinski definition) is 2. The molecule has 0 aliphatic rings. The van der Waals surface area contributed by atoms with E-state index in [1.165, 1.54) is 32.2 Å². The molecule has 2 aromatic rings. The van der Waals surface area contributed by atoms with Crippen LogP contribution in [0.5, 0.6) is 0 Å². The number of amides is 2. The Balaban J connectivity index is 2.36. The second kappa shape index (κ2) is 10.7. The maximum atomic E-state index is 14.6. The minimum atomic E-state index is -1.15. The number of carbonyl (C=O) groups is 3. The second-order valence-corrected chi connectivity index (χ2v) is 8.29. The van der Waals surface area contributed by atoms with Crippen LogP contribution in [0.1, 0.15) is 50.8 Å². The van der Waals surface area contributed by atoms with Crippen LogP contribution >= 0.6 is 0 Å². The molecule has 0 radical (unpaired) electrons. The summed E-state index contributed by atoms with van der Waals surface area (Å²) in [5, 5.41) is 5.23. The van der Waals surface area contributed by atoms with Crippen molar-refractivity contribution in [3.63, 3.8) is 0 Å². The molecule has 0 saturated carbocycles. The van der Waals surface area contributed by atoms with Crippen LogP contribution in [-0.4, -0.2) is 36.7 Å². The van der Waals surface area contributed by atoms with Crippen molar-refractivity contribution in [2.24, 2.45) is 0 Å². The van der Waals surface area contributed by atoms with E-state index in [9.17, 15) is 18.8 Å². The highest BCUT2D eigenvalue weighted by Gasteiger charge is 2.36. The number of nitrogens with one attached hydrogen (secondary N) is 2. The predicted octanol–water partition coefficient (Wildman–Crippen LogP) is 3.85. The van der Waals surface area contributed by atoms with Gasteiger partial charge in [0.15, 0.2) is 0 Å². The Morgan fingerprint density at radius 3 is 2.09 bits per heavy atom. The van der Waals surface area contributed by atoms with E-state index in [2.05, 4.69) is 10.6 Å². The number of hydrogen-bond acceptors (Lipinski definition) is 5. The van der Waals surface area contributed by atoms with Crippen LogP contribution in [0, 0.1) is 5.82 Å². The molecule has 2 N–H and O–H groups in total. The molecule has 0 aliphatic carbocycles. The summed E-state index contributed by atoms with van der Waals surface area (Å²) < 4.78 is 24.8. The number of benzene rings is 2. The Labute approximate surface area is 187 Å². The number of ether oxygens (including phenoxy) is 2. The highest BCUT2D eigenvalue weighted by atomic mass is 19.1. The third kappa shape index (κ3) is 6.80. The molecule has 0 aromatic heterocycles. The molecule has 0 aliphatic heterocycles.